The Hall–Kier alpha value is -2.64. The third-order valence-corrected chi connectivity index (χ3v) is 7.25. The molecule has 2 heterocycles. The Morgan fingerprint density at radius 3 is 2.27 bits per heavy atom. The molecule has 30 heavy (non-hydrogen) atoms. The van der Waals surface area contributed by atoms with Crippen molar-refractivity contribution >= 4 is 32.9 Å². The molecule has 0 aliphatic carbocycles. The molecule has 1 saturated heterocycles. The molecule has 0 spiro atoms. The summed E-state index contributed by atoms with van der Waals surface area (Å²) in [6.45, 7) is 9.08. The second kappa shape index (κ2) is 7.56. The van der Waals surface area contributed by atoms with Crippen molar-refractivity contribution in [3.05, 3.63) is 59.8 Å². The van der Waals surface area contributed by atoms with Crippen LogP contribution in [-0.4, -0.2) is 45.0 Å². The van der Waals surface area contributed by atoms with Gasteiger partial charge in [0.25, 0.3) is 10.0 Å². The number of aldehydes is 1. The van der Waals surface area contributed by atoms with Crippen molar-refractivity contribution in [2.24, 2.45) is 0 Å². The van der Waals surface area contributed by atoms with Crippen molar-refractivity contribution in [2.45, 2.75) is 31.1 Å². The Bertz CT molecular complexity index is 1180. The average Bonchev–Trinajstić information content (AvgIpc) is 3.12. The van der Waals surface area contributed by atoms with Gasteiger partial charge in [-0.1, -0.05) is 32.9 Å². The summed E-state index contributed by atoms with van der Waals surface area (Å²) in [6, 6.07) is 12.5. The third-order valence-electron chi connectivity index (χ3n) is 5.57. The number of hydrogen-bond donors (Lipinski definition) is 0. The number of ether oxygens (including phenoxy) is 1. The lowest BCUT2D eigenvalue weighted by molar-refractivity contribution is 0.112. The molecular formula is C23H26N2O4S. The summed E-state index contributed by atoms with van der Waals surface area (Å²) in [5.41, 5.74) is 2.80. The summed E-state index contributed by atoms with van der Waals surface area (Å²) in [4.78, 5) is 14.1. The minimum atomic E-state index is -3.83. The average molecular weight is 427 g/mol. The quantitative estimate of drug-likeness (QED) is 0.593. The summed E-state index contributed by atoms with van der Waals surface area (Å²) in [5, 5.41) is 0.629. The molecule has 7 heteroatoms. The van der Waals surface area contributed by atoms with Crippen LogP contribution in [-0.2, 0) is 20.2 Å². The van der Waals surface area contributed by atoms with E-state index in [1.54, 1.807) is 18.2 Å². The van der Waals surface area contributed by atoms with Crippen LogP contribution < -0.4 is 4.90 Å². The normalized spacial score (nSPS) is 15.5. The van der Waals surface area contributed by atoms with Crippen molar-refractivity contribution in [1.82, 2.24) is 3.97 Å². The van der Waals surface area contributed by atoms with Gasteiger partial charge in [-0.05, 0) is 41.3 Å². The molecule has 2 aromatic carbocycles. The van der Waals surface area contributed by atoms with E-state index in [0.717, 1.165) is 24.3 Å². The predicted molar refractivity (Wildman–Crippen MR) is 118 cm³/mol. The topological polar surface area (TPSA) is 68.6 Å². The molecule has 158 valence electrons. The van der Waals surface area contributed by atoms with Gasteiger partial charge < -0.3 is 9.64 Å². The maximum atomic E-state index is 13.3. The lowest BCUT2D eigenvalue weighted by Crippen LogP contribution is -2.36. The van der Waals surface area contributed by atoms with Gasteiger partial charge in [0.15, 0.2) is 6.29 Å². The summed E-state index contributed by atoms with van der Waals surface area (Å²) in [5.74, 6) is 0. The lowest BCUT2D eigenvalue weighted by Gasteiger charge is -2.29. The Labute approximate surface area is 177 Å². The molecule has 1 aromatic heterocycles. The van der Waals surface area contributed by atoms with Crippen molar-refractivity contribution in [3.63, 3.8) is 0 Å². The van der Waals surface area contributed by atoms with Crippen LogP contribution in [0.5, 0.6) is 0 Å². The fraction of sp³-hybridized carbons (Fsp3) is 0.348. The number of anilines is 1. The van der Waals surface area contributed by atoms with E-state index in [1.807, 2.05) is 24.3 Å². The SMILES string of the molecule is CC(C)(C)c1ccc(S(=O)(=O)n2cc(C=O)c3cc(N4CCOCC4)ccc32)cc1. The molecule has 1 aliphatic heterocycles. The molecule has 0 amide bonds. The standard InChI is InChI=1S/C23H26N2O4S/c1-23(2,3)18-4-7-20(8-5-18)30(27,28)25-15-17(16-26)21-14-19(6-9-22(21)25)24-10-12-29-13-11-24/h4-9,14-16H,10-13H2,1-3H3. The third kappa shape index (κ3) is 3.63. The van der Waals surface area contributed by atoms with Gasteiger partial charge in [-0.3, -0.25) is 4.79 Å². The van der Waals surface area contributed by atoms with E-state index in [-0.39, 0.29) is 10.3 Å². The summed E-state index contributed by atoms with van der Waals surface area (Å²) in [6.07, 6.45) is 2.12. The van der Waals surface area contributed by atoms with Crippen LogP contribution in [0.3, 0.4) is 0 Å². The van der Waals surface area contributed by atoms with E-state index in [0.29, 0.717) is 36.0 Å². The highest BCUT2D eigenvalue weighted by molar-refractivity contribution is 7.90. The number of rotatable bonds is 4. The summed E-state index contributed by atoms with van der Waals surface area (Å²) < 4.78 is 33.3. The fourth-order valence-corrected chi connectivity index (χ4v) is 5.14. The highest BCUT2D eigenvalue weighted by Crippen LogP contribution is 2.30. The molecule has 1 aliphatic rings. The molecule has 3 aromatic rings. The number of carbonyl (C=O) groups is 1. The maximum absolute atomic E-state index is 13.3. The number of carbonyl (C=O) groups excluding carboxylic acids is 1. The van der Waals surface area contributed by atoms with Gasteiger partial charge in [-0.15, -0.1) is 0 Å². The zero-order chi connectivity index (χ0) is 21.5. The van der Waals surface area contributed by atoms with Crippen molar-refractivity contribution in [3.8, 4) is 0 Å². The van der Waals surface area contributed by atoms with Crippen molar-refractivity contribution < 1.29 is 17.9 Å². The molecule has 0 N–H and O–H groups in total. The van der Waals surface area contributed by atoms with Crippen LogP contribution >= 0.6 is 0 Å². The monoisotopic (exact) mass is 426 g/mol. The maximum Gasteiger partial charge on any atom is 0.268 e. The van der Waals surface area contributed by atoms with Crippen LogP contribution in [0.25, 0.3) is 10.9 Å². The molecule has 1 fully saturated rings. The minimum absolute atomic E-state index is 0.0664. The zero-order valence-electron chi connectivity index (χ0n) is 17.5. The molecule has 4 rings (SSSR count). The van der Waals surface area contributed by atoms with Gasteiger partial charge in [0.2, 0.25) is 0 Å². The highest BCUT2D eigenvalue weighted by Gasteiger charge is 2.23. The largest absolute Gasteiger partial charge is 0.378 e. The zero-order valence-corrected chi connectivity index (χ0v) is 18.3. The number of hydrogen-bond acceptors (Lipinski definition) is 5. The first-order chi connectivity index (χ1) is 14.2. The minimum Gasteiger partial charge on any atom is -0.378 e. The molecule has 6 nitrogen and oxygen atoms in total. The lowest BCUT2D eigenvalue weighted by atomic mass is 9.87. The first kappa shape index (κ1) is 20.6. The van der Waals surface area contributed by atoms with E-state index in [9.17, 15) is 13.2 Å². The summed E-state index contributed by atoms with van der Waals surface area (Å²) >= 11 is 0. The molecule has 0 unspecified atom stereocenters. The number of aromatic nitrogens is 1. The molecule has 0 bridgehead atoms. The fourth-order valence-electron chi connectivity index (χ4n) is 3.76. The van der Waals surface area contributed by atoms with Gasteiger partial charge in [0.1, 0.15) is 0 Å². The Morgan fingerprint density at radius 1 is 1.00 bits per heavy atom. The van der Waals surface area contributed by atoms with Gasteiger partial charge >= 0.3 is 0 Å². The first-order valence-corrected chi connectivity index (χ1v) is 11.4. The Kier molecular flexibility index (Phi) is 5.20. The second-order valence-corrected chi connectivity index (χ2v) is 10.4. The number of nitrogens with zero attached hydrogens (tertiary/aromatic N) is 2. The molecule has 0 atom stereocenters. The predicted octanol–water partition coefficient (Wildman–Crippen LogP) is 3.82. The summed E-state index contributed by atoms with van der Waals surface area (Å²) in [7, 11) is -3.83. The van der Waals surface area contributed by atoms with Gasteiger partial charge in [-0.25, -0.2) is 12.4 Å². The van der Waals surface area contributed by atoms with Crippen LogP contribution in [0.1, 0.15) is 36.7 Å². The van der Waals surface area contributed by atoms with Gasteiger partial charge in [0, 0.05) is 35.9 Å². The van der Waals surface area contributed by atoms with E-state index in [1.165, 1.54) is 10.2 Å². The van der Waals surface area contributed by atoms with Crippen LogP contribution in [0, 0.1) is 0 Å². The number of morpholine rings is 1. The van der Waals surface area contributed by atoms with E-state index >= 15 is 0 Å². The van der Waals surface area contributed by atoms with Crippen LogP contribution in [0.2, 0.25) is 0 Å². The number of benzene rings is 2. The van der Waals surface area contributed by atoms with Crippen molar-refractivity contribution in [1.29, 1.82) is 0 Å². The van der Waals surface area contributed by atoms with Crippen molar-refractivity contribution in [2.75, 3.05) is 31.2 Å². The molecule has 0 saturated carbocycles. The molecular weight excluding hydrogens is 400 g/mol. The van der Waals surface area contributed by atoms with E-state index in [2.05, 4.69) is 25.7 Å². The second-order valence-electron chi connectivity index (χ2n) is 8.58. The van der Waals surface area contributed by atoms with E-state index in [4.69, 9.17) is 4.74 Å². The van der Waals surface area contributed by atoms with Gasteiger partial charge in [0.05, 0.1) is 23.6 Å². The first-order valence-electron chi connectivity index (χ1n) is 10.0. The van der Waals surface area contributed by atoms with Crippen LogP contribution in [0.15, 0.2) is 53.6 Å². The van der Waals surface area contributed by atoms with Gasteiger partial charge in [-0.2, -0.15) is 0 Å². The number of fused-ring (bicyclic) bond motifs is 1. The Morgan fingerprint density at radius 2 is 1.67 bits per heavy atom. The molecule has 0 radical (unpaired) electrons. The highest BCUT2D eigenvalue weighted by atomic mass is 32.2. The van der Waals surface area contributed by atoms with E-state index < -0.39 is 10.0 Å². The Balaban J connectivity index is 1.79. The van der Waals surface area contributed by atoms with Crippen LogP contribution in [0.4, 0.5) is 5.69 Å². The smallest absolute Gasteiger partial charge is 0.268 e.